The van der Waals surface area contributed by atoms with Crippen LogP contribution in [-0.4, -0.2) is 12.9 Å². The van der Waals surface area contributed by atoms with Crippen LogP contribution in [0.3, 0.4) is 0 Å². The van der Waals surface area contributed by atoms with Gasteiger partial charge in [-0.3, -0.25) is 4.79 Å². The molecule has 0 saturated heterocycles. The summed E-state index contributed by atoms with van der Waals surface area (Å²) < 4.78 is 18.5. The van der Waals surface area contributed by atoms with Crippen LogP contribution in [0, 0.1) is 17.1 Å². The van der Waals surface area contributed by atoms with Crippen molar-refractivity contribution in [2.75, 3.05) is 7.11 Å². The maximum Gasteiger partial charge on any atom is 0.184 e. The highest BCUT2D eigenvalue weighted by Gasteiger charge is 2.22. The predicted octanol–water partition coefficient (Wildman–Crippen LogP) is 3.98. The number of rotatable bonds is 4. The molecule has 0 amide bonds. The number of methoxy groups -OCH3 is 1. The number of benzene rings is 2. The molecule has 0 saturated carbocycles. The van der Waals surface area contributed by atoms with Gasteiger partial charge in [-0.05, 0) is 35.9 Å². The Kier molecular flexibility index (Phi) is 4.56. The molecule has 0 aliphatic heterocycles. The Hall–Kier alpha value is -2.38. The van der Waals surface area contributed by atoms with Crippen molar-refractivity contribution in [1.29, 1.82) is 5.26 Å². The summed E-state index contributed by atoms with van der Waals surface area (Å²) in [6.07, 6.45) is 0. The lowest BCUT2D eigenvalue weighted by atomic mass is 9.92. The lowest BCUT2D eigenvalue weighted by Crippen LogP contribution is -2.11. The van der Waals surface area contributed by atoms with Gasteiger partial charge in [-0.15, -0.1) is 0 Å². The molecule has 0 aliphatic carbocycles. The van der Waals surface area contributed by atoms with Crippen LogP contribution in [0.1, 0.15) is 21.8 Å². The Morgan fingerprint density at radius 2 is 1.95 bits per heavy atom. The van der Waals surface area contributed by atoms with Gasteiger partial charge in [-0.1, -0.05) is 23.7 Å². The molecule has 21 heavy (non-hydrogen) atoms. The molecule has 0 heterocycles. The summed E-state index contributed by atoms with van der Waals surface area (Å²) in [4.78, 5) is 12.4. The van der Waals surface area contributed by atoms with Crippen LogP contribution < -0.4 is 4.74 Å². The fourth-order valence-electron chi connectivity index (χ4n) is 1.93. The van der Waals surface area contributed by atoms with E-state index in [2.05, 4.69) is 0 Å². The van der Waals surface area contributed by atoms with Gasteiger partial charge in [-0.2, -0.15) is 5.26 Å². The normalized spacial score (nSPS) is 11.5. The Morgan fingerprint density at radius 3 is 2.48 bits per heavy atom. The molecular weight excluding hydrogens is 293 g/mol. The summed E-state index contributed by atoms with van der Waals surface area (Å²) in [7, 11) is 1.34. The zero-order chi connectivity index (χ0) is 15.4. The molecule has 2 aromatic carbocycles. The molecule has 106 valence electrons. The van der Waals surface area contributed by atoms with E-state index in [1.807, 2.05) is 6.07 Å². The van der Waals surface area contributed by atoms with Gasteiger partial charge in [0.15, 0.2) is 17.3 Å². The number of nitriles is 1. The van der Waals surface area contributed by atoms with E-state index in [4.69, 9.17) is 16.3 Å². The number of hydrogen-bond acceptors (Lipinski definition) is 3. The Morgan fingerprint density at radius 1 is 1.29 bits per heavy atom. The smallest absolute Gasteiger partial charge is 0.184 e. The molecule has 0 spiro atoms. The molecule has 5 heteroatoms. The maximum atomic E-state index is 13.7. The number of halogens is 2. The zero-order valence-corrected chi connectivity index (χ0v) is 11.9. The van der Waals surface area contributed by atoms with E-state index < -0.39 is 17.5 Å². The van der Waals surface area contributed by atoms with Crippen LogP contribution >= 0.6 is 11.6 Å². The lowest BCUT2D eigenvalue weighted by Gasteiger charge is -2.10. The monoisotopic (exact) mass is 303 g/mol. The van der Waals surface area contributed by atoms with Crippen molar-refractivity contribution < 1.29 is 13.9 Å². The predicted molar refractivity (Wildman–Crippen MR) is 77.1 cm³/mol. The first-order chi connectivity index (χ1) is 10.1. The van der Waals surface area contributed by atoms with Crippen molar-refractivity contribution in [3.63, 3.8) is 0 Å². The number of ketones is 1. The number of hydrogen-bond donors (Lipinski definition) is 0. The molecule has 0 aromatic heterocycles. The zero-order valence-electron chi connectivity index (χ0n) is 11.1. The third-order valence-electron chi connectivity index (χ3n) is 3.03. The fraction of sp³-hybridized carbons (Fsp3) is 0.125. The molecule has 1 atom stereocenters. The SMILES string of the molecule is COc1ccc(C(=O)C(C#N)c2ccc(Cl)cc2)cc1F. The van der Waals surface area contributed by atoms with Crippen molar-refractivity contribution >= 4 is 17.4 Å². The van der Waals surface area contributed by atoms with Gasteiger partial charge in [0.25, 0.3) is 0 Å². The molecule has 0 aliphatic rings. The van der Waals surface area contributed by atoms with Crippen LogP contribution in [0.4, 0.5) is 4.39 Å². The minimum absolute atomic E-state index is 0.0477. The van der Waals surface area contributed by atoms with Gasteiger partial charge in [0.1, 0.15) is 5.92 Å². The summed E-state index contributed by atoms with van der Waals surface area (Å²) in [6, 6.07) is 12.2. The first-order valence-corrected chi connectivity index (χ1v) is 6.47. The van der Waals surface area contributed by atoms with Crippen molar-refractivity contribution in [2.24, 2.45) is 0 Å². The van der Waals surface area contributed by atoms with Crippen molar-refractivity contribution in [3.8, 4) is 11.8 Å². The minimum Gasteiger partial charge on any atom is -0.494 e. The fourth-order valence-corrected chi connectivity index (χ4v) is 2.05. The van der Waals surface area contributed by atoms with Crippen molar-refractivity contribution in [2.45, 2.75) is 5.92 Å². The first-order valence-electron chi connectivity index (χ1n) is 6.09. The first kappa shape index (κ1) is 15.0. The topological polar surface area (TPSA) is 50.1 Å². The largest absolute Gasteiger partial charge is 0.494 e. The highest BCUT2D eigenvalue weighted by atomic mass is 35.5. The highest BCUT2D eigenvalue weighted by Crippen LogP contribution is 2.25. The highest BCUT2D eigenvalue weighted by molar-refractivity contribution is 6.30. The molecule has 2 rings (SSSR count). The quantitative estimate of drug-likeness (QED) is 0.803. The van der Waals surface area contributed by atoms with Gasteiger partial charge in [0.05, 0.1) is 13.2 Å². The molecule has 2 aromatic rings. The molecule has 3 nitrogen and oxygen atoms in total. The number of carbonyl (C=O) groups excluding carboxylic acids is 1. The summed E-state index contributed by atoms with van der Waals surface area (Å²) in [5, 5.41) is 9.74. The summed E-state index contributed by atoms with van der Waals surface area (Å²) in [5.74, 6) is -2.07. The van der Waals surface area contributed by atoms with Crippen LogP contribution in [0.2, 0.25) is 5.02 Å². The Balaban J connectivity index is 2.35. The molecule has 0 fully saturated rings. The van der Waals surface area contributed by atoms with Crippen LogP contribution in [0.5, 0.6) is 5.75 Å². The van der Waals surface area contributed by atoms with Crippen LogP contribution in [0.25, 0.3) is 0 Å². The second-order valence-corrected chi connectivity index (χ2v) is 4.76. The van der Waals surface area contributed by atoms with E-state index in [1.54, 1.807) is 24.3 Å². The number of ether oxygens (including phenoxy) is 1. The molecular formula is C16H11ClFNO2. The second kappa shape index (κ2) is 6.38. The maximum absolute atomic E-state index is 13.7. The van der Waals surface area contributed by atoms with Crippen LogP contribution in [0.15, 0.2) is 42.5 Å². The second-order valence-electron chi connectivity index (χ2n) is 4.33. The number of nitrogens with zero attached hydrogens (tertiary/aromatic N) is 1. The van der Waals surface area contributed by atoms with Gasteiger partial charge in [0, 0.05) is 10.6 Å². The van der Waals surface area contributed by atoms with Gasteiger partial charge in [-0.25, -0.2) is 4.39 Å². The lowest BCUT2D eigenvalue weighted by molar-refractivity contribution is 0.0978. The average molecular weight is 304 g/mol. The molecule has 0 bridgehead atoms. The van der Waals surface area contributed by atoms with Crippen LogP contribution in [-0.2, 0) is 0 Å². The van der Waals surface area contributed by atoms with Gasteiger partial charge < -0.3 is 4.74 Å². The molecule has 0 radical (unpaired) electrons. The van der Waals surface area contributed by atoms with Crippen molar-refractivity contribution in [1.82, 2.24) is 0 Å². The Labute approximate surface area is 126 Å². The number of Topliss-reactive ketones (excluding diaryl/α,β-unsaturated/α-hetero) is 1. The third kappa shape index (κ3) is 3.21. The standard InChI is InChI=1S/C16H11ClFNO2/c1-21-15-7-4-11(8-14(15)18)16(20)13(9-19)10-2-5-12(17)6-3-10/h2-8,13H,1H3. The molecule has 1 unspecified atom stereocenters. The average Bonchev–Trinajstić information content (AvgIpc) is 2.49. The summed E-state index contributed by atoms with van der Waals surface area (Å²) >= 11 is 5.78. The third-order valence-corrected chi connectivity index (χ3v) is 3.28. The van der Waals surface area contributed by atoms with E-state index in [-0.39, 0.29) is 11.3 Å². The van der Waals surface area contributed by atoms with E-state index in [9.17, 15) is 14.4 Å². The summed E-state index contributed by atoms with van der Waals surface area (Å²) in [6.45, 7) is 0. The number of carbonyl (C=O) groups is 1. The van der Waals surface area contributed by atoms with E-state index in [0.717, 1.165) is 6.07 Å². The molecule has 0 N–H and O–H groups in total. The summed E-state index contributed by atoms with van der Waals surface area (Å²) in [5.41, 5.74) is 0.637. The van der Waals surface area contributed by atoms with E-state index >= 15 is 0 Å². The van der Waals surface area contributed by atoms with Crippen molar-refractivity contribution in [3.05, 3.63) is 64.4 Å². The van der Waals surface area contributed by atoms with E-state index in [1.165, 1.54) is 19.2 Å². The Bertz CT molecular complexity index is 707. The van der Waals surface area contributed by atoms with E-state index in [0.29, 0.717) is 10.6 Å². The van der Waals surface area contributed by atoms with Gasteiger partial charge >= 0.3 is 0 Å². The minimum atomic E-state index is -1.00. The van der Waals surface area contributed by atoms with Gasteiger partial charge in [0.2, 0.25) is 0 Å².